The lowest BCUT2D eigenvalue weighted by atomic mass is 10.2. The number of primary amides is 1. The molecule has 128 valence electrons. The van der Waals surface area contributed by atoms with Crippen molar-refractivity contribution >= 4 is 35.2 Å². The SMILES string of the molecule is CCn1c(SCC(=O)O[C@H](C)C(N)=O)nnc1-c1ccc(Cl)cc1. The molecule has 0 spiro atoms. The summed E-state index contributed by atoms with van der Waals surface area (Å²) in [5, 5.41) is 9.52. The quantitative estimate of drug-likeness (QED) is 0.593. The van der Waals surface area contributed by atoms with E-state index in [2.05, 4.69) is 10.2 Å². The first kappa shape index (κ1) is 18.3. The van der Waals surface area contributed by atoms with Crippen molar-refractivity contribution in [2.75, 3.05) is 5.75 Å². The number of hydrogen-bond donors (Lipinski definition) is 1. The Bertz CT molecular complexity index is 733. The molecule has 0 fully saturated rings. The van der Waals surface area contributed by atoms with Crippen molar-refractivity contribution in [3.63, 3.8) is 0 Å². The van der Waals surface area contributed by atoms with Crippen molar-refractivity contribution in [3.05, 3.63) is 29.3 Å². The van der Waals surface area contributed by atoms with Gasteiger partial charge in [-0.3, -0.25) is 9.59 Å². The molecule has 9 heteroatoms. The van der Waals surface area contributed by atoms with Crippen LogP contribution in [0.3, 0.4) is 0 Å². The summed E-state index contributed by atoms with van der Waals surface area (Å²) in [6.07, 6.45) is -0.952. The number of ether oxygens (including phenoxy) is 1. The van der Waals surface area contributed by atoms with Gasteiger partial charge >= 0.3 is 5.97 Å². The van der Waals surface area contributed by atoms with E-state index >= 15 is 0 Å². The fourth-order valence-corrected chi connectivity index (χ4v) is 2.82. The van der Waals surface area contributed by atoms with Gasteiger partial charge in [0.15, 0.2) is 17.1 Å². The van der Waals surface area contributed by atoms with Gasteiger partial charge in [-0.15, -0.1) is 10.2 Å². The average molecular weight is 369 g/mol. The highest BCUT2D eigenvalue weighted by Crippen LogP contribution is 2.25. The molecule has 0 radical (unpaired) electrons. The molecule has 0 unspecified atom stereocenters. The summed E-state index contributed by atoms with van der Waals surface area (Å²) in [5.74, 6) is -0.522. The van der Waals surface area contributed by atoms with E-state index in [4.69, 9.17) is 22.1 Å². The molecule has 0 bridgehead atoms. The van der Waals surface area contributed by atoms with Gasteiger partial charge in [0.05, 0.1) is 5.75 Å². The molecule has 1 amide bonds. The molecule has 7 nitrogen and oxygen atoms in total. The van der Waals surface area contributed by atoms with Crippen LogP contribution in [0.4, 0.5) is 0 Å². The maximum Gasteiger partial charge on any atom is 0.317 e. The Kier molecular flexibility index (Phi) is 6.22. The summed E-state index contributed by atoms with van der Waals surface area (Å²) < 4.78 is 6.79. The highest BCUT2D eigenvalue weighted by Gasteiger charge is 2.18. The number of esters is 1. The summed E-state index contributed by atoms with van der Waals surface area (Å²) in [6, 6.07) is 7.27. The van der Waals surface area contributed by atoms with E-state index in [1.54, 1.807) is 12.1 Å². The Balaban J connectivity index is 2.08. The Morgan fingerprint density at radius 1 is 1.33 bits per heavy atom. The smallest absolute Gasteiger partial charge is 0.317 e. The molecule has 0 saturated heterocycles. The van der Waals surface area contributed by atoms with Crippen LogP contribution < -0.4 is 5.73 Å². The first-order valence-corrected chi connectivity index (χ1v) is 8.59. The number of amides is 1. The van der Waals surface area contributed by atoms with Crippen molar-refractivity contribution in [3.8, 4) is 11.4 Å². The molecular weight excluding hydrogens is 352 g/mol. The number of aromatic nitrogens is 3. The predicted octanol–water partition coefficient (Wildman–Crippen LogP) is 2.13. The lowest BCUT2D eigenvalue weighted by molar-refractivity contribution is -0.151. The molecule has 0 aliphatic carbocycles. The predicted molar refractivity (Wildman–Crippen MR) is 91.6 cm³/mol. The van der Waals surface area contributed by atoms with Gasteiger partial charge in [0.1, 0.15) is 0 Å². The second-order valence-corrected chi connectivity index (χ2v) is 6.26. The minimum Gasteiger partial charge on any atom is -0.452 e. The van der Waals surface area contributed by atoms with Gasteiger partial charge in [-0.05, 0) is 38.1 Å². The molecule has 2 rings (SSSR count). The zero-order valence-electron chi connectivity index (χ0n) is 13.2. The van der Waals surface area contributed by atoms with Gasteiger partial charge in [-0.25, -0.2) is 0 Å². The summed E-state index contributed by atoms with van der Waals surface area (Å²) in [4.78, 5) is 22.6. The number of hydrogen-bond acceptors (Lipinski definition) is 6. The van der Waals surface area contributed by atoms with Crippen LogP contribution in [-0.4, -0.2) is 38.5 Å². The summed E-state index contributed by atoms with van der Waals surface area (Å²) >= 11 is 7.08. The first-order valence-electron chi connectivity index (χ1n) is 7.23. The number of benzene rings is 1. The van der Waals surface area contributed by atoms with Crippen LogP contribution in [0.2, 0.25) is 5.02 Å². The number of nitrogens with zero attached hydrogens (tertiary/aromatic N) is 3. The lowest BCUT2D eigenvalue weighted by Crippen LogP contribution is -2.31. The van der Waals surface area contributed by atoms with E-state index in [-0.39, 0.29) is 5.75 Å². The molecule has 1 aromatic heterocycles. The molecule has 1 atom stereocenters. The monoisotopic (exact) mass is 368 g/mol. The van der Waals surface area contributed by atoms with E-state index in [1.165, 1.54) is 18.7 Å². The van der Waals surface area contributed by atoms with E-state index < -0.39 is 18.0 Å². The number of halogens is 1. The van der Waals surface area contributed by atoms with E-state index in [1.807, 2.05) is 23.6 Å². The van der Waals surface area contributed by atoms with Crippen LogP contribution in [0.5, 0.6) is 0 Å². The zero-order valence-corrected chi connectivity index (χ0v) is 14.8. The topological polar surface area (TPSA) is 100 Å². The number of carbonyl (C=O) groups excluding carboxylic acids is 2. The fourth-order valence-electron chi connectivity index (χ4n) is 1.91. The normalized spacial score (nSPS) is 12.0. The third kappa shape index (κ3) is 4.48. The second-order valence-electron chi connectivity index (χ2n) is 4.88. The maximum atomic E-state index is 11.7. The minimum absolute atomic E-state index is 0.0103. The summed E-state index contributed by atoms with van der Waals surface area (Å²) in [5.41, 5.74) is 5.94. The Morgan fingerprint density at radius 3 is 2.58 bits per heavy atom. The van der Waals surface area contributed by atoms with Gasteiger partial charge in [-0.2, -0.15) is 0 Å². The van der Waals surface area contributed by atoms with Gasteiger partial charge < -0.3 is 15.0 Å². The van der Waals surface area contributed by atoms with Crippen molar-refractivity contribution in [2.24, 2.45) is 5.73 Å². The molecular formula is C15H17ClN4O3S. The average Bonchev–Trinajstić information content (AvgIpc) is 2.96. The van der Waals surface area contributed by atoms with Crippen molar-refractivity contribution in [1.82, 2.24) is 14.8 Å². The van der Waals surface area contributed by atoms with Crippen molar-refractivity contribution < 1.29 is 14.3 Å². The van der Waals surface area contributed by atoms with Crippen molar-refractivity contribution in [2.45, 2.75) is 31.7 Å². The molecule has 2 N–H and O–H groups in total. The molecule has 1 aromatic carbocycles. The standard InChI is InChI=1S/C15H17ClN4O3S/c1-3-20-14(10-4-6-11(16)7-5-10)18-19-15(20)24-8-12(21)23-9(2)13(17)22/h4-7,9H,3,8H2,1-2H3,(H2,17,22)/t9-/m1/s1. The van der Waals surface area contributed by atoms with Crippen LogP contribution >= 0.6 is 23.4 Å². The molecule has 24 heavy (non-hydrogen) atoms. The number of rotatable bonds is 7. The van der Waals surface area contributed by atoms with Crippen LogP contribution in [0, 0.1) is 0 Å². The Hall–Kier alpha value is -2.06. The van der Waals surface area contributed by atoms with Crippen molar-refractivity contribution in [1.29, 1.82) is 0 Å². The van der Waals surface area contributed by atoms with E-state index in [9.17, 15) is 9.59 Å². The third-order valence-corrected chi connectivity index (χ3v) is 4.36. The molecule has 0 saturated carbocycles. The highest BCUT2D eigenvalue weighted by atomic mass is 35.5. The molecule has 1 heterocycles. The van der Waals surface area contributed by atoms with Crippen LogP contribution in [0.15, 0.2) is 29.4 Å². The van der Waals surface area contributed by atoms with Crippen LogP contribution in [0.1, 0.15) is 13.8 Å². The molecule has 0 aliphatic heterocycles. The fraction of sp³-hybridized carbons (Fsp3) is 0.333. The maximum absolute atomic E-state index is 11.7. The number of nitrogens with two attached hydrogens (primary N) is 1. The molecule has 0 aliphatic rings. The lowest BCUT2D eigenvalue weighted by Gasteiger charge is -2.10. The Labute approximate surface area is 148 Å². The van der Waals surface area contributed by atoms with Crippen LogP contribution in [0.25, 0.3) is 11.4 Å². The minimum atomic E-state index is -0.952. The largest absolute Gasteiger partial charge is 0.452 e. The van der Waals surface area contributed by atoms with Gasteiger partial charge in [0.25, 0.3) is 5.91 Å². The zero-order chi connectivity index (χ0) is 17.7. The van der Waals surface area contributed by atoms with E-state index in [0.717, 1.165) is 5.56 Å². The highest BCUT2D eigenvalue weighted by molar-refractivity contribution is 7.99. The Morgan fingerprint density at radius 2 is 2.00 bits per heavy atom. The molecule has 2 aromatic rings. The van der Waals surface area contributed by atoms with Gasteiger partial charge in [0, 0.05) is 17.1 Å². The van der Waals surface area contributed by atoms with Gasteiger partial charge in [0.2, 0.25) is 0 Å². The number of thioether (sulfide) groups is 1. The first-order chi connectivity index (χ1) is 11.4. The third-order valence-electron chi connectivity index (χ3n) is 3.16. The number of carbonyl (C=O) groups is 2. The van der Waals surface area contributed by atoms with E-state index in [0.29, 0.717) is 22.5 Å². The second kappa shape index (κ2) is 8.16. The van der Waals surface area contributed by atoms with Gasteiger partial charge in [-0.1, -0.05) is 23.4 Å². The van der Waals surface area contributed by atoms with Crippen LogP contribution in [-0.2, 0) is 20.9 Å². The summed E-state index contributed by atoms with van der Waals surface area (Å²) in [7, 11) is 0. The summed E-state index contributed by atoms with van der Waals surface area (Å²) in [6.45, 7) is 4.03.